The number of aliphatic imine (C=N–C) groups is 1. The summed E-state index contributed by atoms with van der Waals surface area (Å²) in [4.78, 5) is 32.4. The molecular formula is C33H31N7O2. The summed E-state index contributed by atoms with van der Waals surface area (Å²) >= 11 is 0. The molecule has 1 aliphatic heterocycles. The summed E-state index contributed by atoms with van der Waals surface area (Å²) in [5, 5.41) is 13.4. The van der Waals surface area contributed by atoms with Gasteiger partial charge in [0.15, 0.2) is 0 Å². The number of nitrogens with one attached hydrogen (secondary N) is 2. The van der Waals surface area contributed by atoms with Gasteiger partial charge in [-0.15, -0.1) is 0 Å². The fourth-order valence-electron chi connectivity index (χ4n) is 5.35. The standard InChI is InChI=1S/C33H31N7O2/c1-19-15-37-33(38-29(34)14-20(2)35-3)39-30(19)26-16-36-31-24(26)7-5-9-28(31)40-17-27-23(6-4-8-25(27)32(40)42)22-12-10-21(18-41)11-13-22/h4-16,35-36,41H,17-18H2,1-3H3,(H2,34,37,38,39)/b20-14-. The molecule has 6 rings (SSSR count). The predicted octanol–water partition coefficient (Wildman–Crippen LogP) is 5.36. The molecule has 0 bridgehead atoms. The molecule has 0 fully saturated rings. The molecule has 42 heavy (non-hydrogen) atoms. The van der Waals surface area contributed by atoms with Crippen LogP contribution < -0.4 is 16.0 Å². The minimum absolute atomic E-state index is 0.00752. The van der Waals surface area contributed by atoms with Crippen LogP contribution in [0.5, 0.6) is 0 Å². The number of carbonyl (C=O) groups excluding carboxylic acids is 1. The van der Waals surface area contributed by atoms with Gasteiger partial charge < -0.3 is 26.0 Å². The zero-order valence-corrected chi connectivity index (χ0v) is 23.6. The number of allylic oxidation sites excluding steroid dienone is 1. The van der Waals surface area contributed by atoms with Crippen LogP contribution in [0.25, 0.3) is 33.3 Å². The summed E-state index contributed by atoms with van der Waals surface area (Å²) in [5.74, 6) is 0.523. The number of nitrogens with two attached hydrogens (primary N) is 1. The number of aromatic nitrogens is 3. The summed E-state index contributed by atoms with van der Waals surface area (Å²) in [5.41, 5.74) is 15.6. The van der Waals surface area contributed by atoms with E-state index in [1.54, 1.807) is 12.3 Å². The van der Waals surface area contributed by atoms with Gasteiger partial charge in [-0.1, -0.05) is 48.5 Å². The van der Waals surface area contributed by atoms with E-state index in [2.05, 4.69) is 20.3 Å². The van der Waals surface area contributed by atoms with Crippen LogP contribution in [-0.4, -0.2) is 38.8 Å². The van der Waals surface area contributed by atoms with Gasteiger partial charge in [-0.05, 0) is 59.9 Å². The van der Waals surface area contributed by atoms with Crippen molar-refractivity contribution in [1.29, 1.82) is 0 Å². The fourth-order valence-corrected chi connectivity index (χ4v) is 5.35. The average molecular weight is 558 g/mol. The molecule has 3 aromatic carbocycles. The van der Waals surface area contributed by atoms with E-state index in [0.29, 0.717) is 17.9 Å². The smallest absolute Gasteiger partial charge is 0.259 e. The van der Waals surface area contributed by atoms with Crippen molar-refractivity contribution in [2.75, 3.05) is 11.9 Å². The third-order valence-corrected chi connectivity index (χ3v) is 7.60. The number of H-pyrrole nitrogens is 1. The first-order valence-corrected chi connectivity index (χ1v) is 13.7. The molecular weight excluding hydrogens is 526 g/mol. The Labute approximate surface area is 243 Å². The Morgan fingerprint density at radius 3 is 2.64 bits per heavy atom. The number of aliphatic hydroxyl groups excluding tert-OH is 1. The number of nitrogens with zero attached hydrogens (tertiary/aromatic N) is 4. The monoisotopic (exact) mass is 557 g/mol. The highest BCUT2D eigenvalue weighted by Crippen LogP contribution is 2.40. The first kappa shape index (κ1) is 26.9. The van der Waals surface area contributed by atoms with E-state index in [9.17, 15) is 9.90 Å². The van der Waals surface area contributed by atoms with Crippen molar-refractivity contribution in [3.8, 4) is 22.4 Å². The molecule has 0 unspecified atom stereocenters. The summed E-state index contributed by atoms with van der Waals surface area (Å²) in [6, 6.07) is 19.6. The Balaban J connectivity index is 1.38. The van der Waals surface area contributed by atoms with Crippen molar-refractivity contribution in [1.82, 2.24) is 20.3 Å². The van der Waals surface area contributed by atoms with Crippen molar-refractivity contribution in [3.05, 3.63) is 107 Å². The Morgan fingerprint density at radius 1 is 1.12 bits per heavy atom. The number of aryl methyl sites for hydroxylation is 1. The first-order valence-electron chi connectivity index (χ1n) is 13.7. The number of rotatable bonds is 7. The van der Waals surface area contributed by atoms with E-state index < -0.39 is 0 Å². The van der Waals surface area contributed by atoms with E-state index in [1.165, 1.54) is 0 Å². The SMILES string of the molecule is CN/C(C)=C\C(N)=N/c1ncc(C)c(-c2c[nH]c3c(N4Cc5c(cccc5-c5ccc(CO)cc5)C4=O)cccc23)n1. The summed E-state index contributed by atoms with van der Waals surface area (Å²) in [6.45, 7) is 4.29. The Kier molecular flexibility index (Phi) is 7.02. The third-order valence-electron chi connectivity index (χ3n) is 7.60. The summed E-state index contributed by atoms with van der Waals surface area (Å²) < 4.78 is 0. The van der Waals surface area contributed by atoms with E-state index >= 15 is 0 Å². The van der Waals surface area contributed by atoms with Crippen molar-refractivity contribution in [2.24, 2.45) is 10.7 Å². The molecule has 0 atom stereocenters. The largest absolute Gasteiger partial charge is 0.392 e. The zero-order valence-electron chi connectivity index (χ0n) is 23.6. The van der Waals surface area contributed by atoms with Crippen LogP contribution in [0.15, 0.2) is 89.8 Å². The lowest BCUT2D eigenvalue weighted by atomic mass is 9.96. The van der Waals surface area contributed by atoms with Crippen LogP contribution in [0.1, 0.15) is 34.0 Å². The third kappa shape index (κ3) is 4.80. The predicted molar refractivity (Wildman–Crippen MR) is 166 cm³/mol. The maximum Gasteiger partial charge on any atom is 0.259 e. The molecule has 5 aromatic rings. The van der Waals surface area contributed by atoms with Crippen molar-refractivity contribution < 1.29 is 9.90 Å². The van der Waals surface area contributed by atoms with Gasteiger partial charge in [0.25, 0.3) is 11.9 Å². The summed E-state index contributed by atoms with van der Waals surface area (Å²) in [7, 11) is 1.82. The molecule has 0 aliphatic carbocycles. The molecule has 0 saturated carbocycles. The number of benzene rings is 3. The number of fused-ring (bicyclic) bond motifs is 2. The minimum Gasteiger partial charge on any atom is -0.392 e. The molecule has 210 valence electrons. The van der Waals surface area contributed by atoms with E-state index in [1.807, 2.05) is 92.7 Å². The molecule has 1 aliphatic rings. The molecule has 0 spiro atoms. The molecule has 1 amide bonds. The van der Waals surface area contributed by atoms with E-state index in [-0.39, 0.29) is 18.5 Å². The lowest BCUT2D eigenvalue weighted by Crippen LogP contribution is -2.23. The number of hydrogen-bond acceptors (Lipinski definition) is 6. The van der Waals surface area contributed by atoms with Gasteiger partial charge in [-0.25, -0.2) is 9.97 Å². The van der Waals surface area contributed by atoms with Crippen LogP contribution in [0.4, 0.5) is 11.6 Å². The van der Waals surface area contributed by atoms with Gasteiger partial charge in [0, 0.05) is 41.7 Å². The van der Waals surface area contributed by atoms with Gasteiger partial charge in [-0.3, -0.25) is 4.79 Å². The number of carbonyl (C=O) groups is 1. The second kappa shape index (κ2) is 10.9. The maximum absolute atomic E-state index is 13.7. The quantitative estimate of drug-likeness (QED) is 0.157. The average Bonchev–Trinajstić information content (AvgIpc) is 3.59. The van der Waals surface area contributed by atoms with Crippen LogP contribution in [0.3, 0.4) is 0 Å². The highest BCUT2D eigenvalue weighted by Gasteiger charge is 2.32. The lowest BCUT2D eigenvalue weighted by Gasteiger charge is -2.17. The number of hydrogen-bond donors (Lipinski definition) is 4. The zero-order chi connectivity index (χ0) is 29.4. The van der Waals surface area contributed by atoms with Gasteiger partial charge in [0.05, 0.1) is 30.0 Å². The molecule has 0 saturated heterocycles. The van der Waals surface area contributed by atoms with Gasteiger partial charge in [0.2, 0.25) is 0 Å². The highest BCUT2D eigenvalue weighted by atomic mass is 16.3. The first-order chi connectivity index (χ1) is 20.4. The highest BCUT2D eigenvalue weighted by molar-refractivity contribution is 6.15. The molecule has 9 heteroatoms. The van der Waals surface area contributed by atoms with Crippen LogP contribution >= 0.6 is 0 Å². The lowest BCUT2D eigenvalue weighted by molar-refractivity contribution is 0.0997. The van der Waals surface area contributed by atoms with Crippen molar-refractivity contribution in [2.45, 2.75) is 27.0 Å². The topological polar surface area (TPSA) is 133 Å². The van der Waals surface area contributed by atoms with Gasteiger partial charge >= 0.3 is 0 Å². The maximum atomic E-state index is 13.7. The Bertz CT molecular complexity index is 1890. The number of amides is 1. The van der Waals surface area contributed by atoms with Crippen LogP contribution in [0, 0.1) is 6.92 Å². The molecule has 5 N–H and O–H groups in total. The normalized spacial score (nSPS) is 13.6. The van der Waals surface area contributed by atoms with Gasteiger partial charge in [0.1, 0.15) is 5.84 Å². The second-order valence-corrected chi connectivity index (χ2v) is 10.3. The minimum atomic E-state index is -0.0438. The van der Waals surface area contributed by atoms with Crippen LogP contribution in [0.2, 0.25) is 0 Å². The molecule has 0 radical (unpaired) electrons. The number of amidine groups is 1. The number of aliphatic hydroxyl groups is 1. The fraction of sp³-hybridized carbons (Fsp3) is 0.152. The molecule has 3 heterocycles. The summed E-state index contributed by atoms with van der Waals surface area (Å²) in [6.07, 6.45) is 5.37. The van der Waals surface area contributed by atoms with E-state index in [0.717, 1.165) is 61.4 Å². The molecule has 2 aromatic heterocycles. The van der Waals surface area contributed by atoms with Crippen LogP contribution in [-0.2, 0) is 13.2 Å². The number of anilines is 1. The van der Waals surface area contributed by atoms with Crippen molar-refractivity contribution in [3.63, 3.8) is 0 Å². The molecule has 9 nitrogen and oxygen atoms in total. The number of aromatic amines is 1. The Hall–Kier alpha value is -5.28. The van der Waals surface area contributed by atoms with E-state index in [4.69, 9.17) is 10.7 Å². The van der Waals surface area contributed by atoms with Gasteiger partial charge in [-0.2, -0.15) is 4.99 Å². The Morgan fingerprint density at radius 2 is 1.88 bits per heavy atom. The second-order valence-electron chi connectivity index (χ2n) is 10.3. The van der Waals surface area contributed by atoms with Crippen molar-refractivity contribution >= 4 is 34.3 Å². The number of para-hydroxylation sites is 1.